The molecule has 0 unspecified atom stereocenters. The molecule has 0 saturated carbocycles. The Kier molecular flexibility index (Phi) is 7.60. The van der Waals surface area contributed by atoms with Crippen LogP contribution in [0.15, 0.2) is 91.0 Å². The van der Waals surface area contributed by atoms with E-state index in [1.54, 1.807) is 0 Å². The molecule has 2 heteroatoms. The van der Waals surface area contributed by atoms with E-state index in [0.717, 1.165) is 13.1 Å². The number of hydrogen-bond acceptors (Lipinski definition) is 1. The predicted molar refractivity (Wildman–Crippen MR) is 113 cm³/mol. The standard InChI is InChI=1S/3C7H7.C4H10N.Hf/c3*1-7-5-3-2-4-6-7;1-3-5-4-2;/h3*2-6H,1H2;3-4H2,1-2H3;/q;;;-1;+1. The monoisotopic (exact) mass is 525 g/mol. The van der Waals surface area contributed by atoms with Crippen LogP contribution in [0.5, 0.6) is 0 Å². The third kappa shape index (κ3) is 5.49. The Hall–Kier alpha value is -1.51. The molecule has 0 atom stereocenters. The van der Waals surface area contributed by atoms with Gasteiger partial charge in [0.05, 0.1) is 0 Å². The van der Waals surface area contributed by atoms with Gasteiger partial charge in [-0.05, 0) is 0 Å². The molecule has 0 fully saturated rings. The fraction of sp³-hybridized carbons (Fsp3) is 0.280. The van der Waals surface area contributed by atoms with Crippen LogP contribution in [0.1, 0.15) is 30.5 Å². The molecule has 3 aromatic rings. The van der Waals surface area contributed by atoms with Crippen molar-refractivity contribution in [3.05, 3.63) is 108 Å². The average Bonchev–Trinajstić information content (AvgIpc) is 2.71. The summed E-state index contributed by atoms with van der Waals surface area (Å²) in [6.45, 7) is 7.01. The summed E-state index contributed by atoms with van der Waals surface area (Å²) >= 11 is -2.94. The van der Waals surface area contributed by atoms with Crippen LogP contribution in [0, 0.1) is 0 Å². The first kappa shape index (κ1) is 20.2. The van der Waals surface area contributed by atoms with Crippen LogP contribution >= 0.6 is 0 Å². The predicted octanol–water partition coefficient (Wildman–Crippen LogP) is 6.00. The second kappa shape index (κ2) is 10.1. The van der Waals surface area contributed by atoms with Crippen molar-refractivity contribution in [2.75, 3.05) is 13.1 Å². The molecular formula is C25H31HfN. The molecule has 0 aliphatic heterocycles. The maximum atomic E-state index is 2.89. The van der Waals surface area contributed by atoms with Crippen LogP contribution in [-0.2, 0) is 32.8 Å². The third-order valence-corrected chi connectivity index (χ3v) is 24.1. The van der Waals surface area contributed by atoms with Gasteiger partial charge in [0, 0.05) is 0 Å². The average molecular weight is 524 g/mol. The first-order valence-corrected chi connectivity index (χ1v) is 19.4. The van der Waals surface area contributed by atoms with Gasteiger partial charge >= 0.3 is 170 Å². The zero-order valence-corrected chi connectivity index (χ0v) is 20.2. The van der Waals surface area contributed by atoms with Crippen molar-refractivity contribution in [2.24, 2.45) is 0 Å². The van der Waals surface area contributed by atoms with Gasteiger partial charge in [0.2, 0.25) is 0 Å². The normalized spacial score (nSPS) is 11.7. The van der Waals surface area contributed by atoms with E-state index in [-0.39, 0.29) is 0 Å². The molecule has 0 aromatic heterocycles. The SMILES string of the molecule is CC[N](CC)[Hf]([CH2]c1ccccc1)([CH2]c1ccccc1)[CH2]c1ccccc1. The van der Waals surface area contributed by atoms with E-state index in [1.165, 1.54) is 29.2 Å². The summed E-state index contributed by atoms with van der Waals surface area (Å²) in [5.41, 5.74) is 4.54. The van der Waals surface area contributed by atoms with Crippen molar-refractivity contribution in [1.29, 1.82) is 0 Å². The van der Waals surface area contributed by atoms with Crippen LogP contribution in [0.4, 0.5) is 0 Å². The summed E-state index contributed by atoms with van der Waals surface area (Å²) in [5.74, 6) is 0. The van der Waals surface area contributed by atoms with Crippen molar-refractivity contribution in [1.82, 2.24) is 2.89 Å². The van der Waals surface area contributed by atoms with E-state index < -0.39 is 20.3 Å². The topological polar surface area (TPSA) is 3.24 Å². The van der Waals surface area contributed by atoms with Gasteiger partial charge in [0.15, 0.2) is 0 Å². The fourth-order valence-electron chi connectivity index (χ4n) is 4.34. The number of hydrogen-bond donors (Lipinski definition) is 0. The second-order valence-corrected chi connectivity index (χ2v) is 22.3. The van der Waals surface area contributed by atoms with E-state index in [0.29, 0.717) is 0 Å². The molecule has 27 heavy (non-hydrogen) atoms. The zero-order chi connectivity index (χ0) is 19.0. The van der Waals surface area contributed by atoms with Gasteiger partial charge in [0.25, 0.3) is 0 Å². The molecule has 3 rings (SSSR count). The minimum absolute atomic E-state index is 1.16. The number of benzene rings is 3. The van der Waals surface area contributed by atoms with Crippen molar-refractivity contribution in [3.8, 4) is 0 Å². The van der Waals surface area contributed by atoms with Crippen LogP contribution < -0.4 is 0 Å². The number of rotatable bonds is 9. The molecule has 0 amide bonds. The summed E-state index contributed by atoms with van der Waals surface area (Å²) in [6.07, 6.45) is 0. The van der Waals surface area contributed by atoms with Crippen LogP contribution in [0.3, 0.4) is 0 Å². The Labute approximate surface area is 169 Å². The molecular weight excluding hydrogens is 493 g/mol. The van der Waals surface area contributed by atoms with Crippen molar-refractivity contribution in [2.45, 2.75) is 26.4 Å². The summed E-state index contributed by atoms with van der Waals surface area (Å²) in [6, 6.07) is 33.5. The van der Waals surface area contributed by atoms with Gasteiger partial charge in [-0.1, -0.05) is 0 Å². The maximum absolute atomic E-state index is 2.94. The van der Waals surface area contributed by atoms with E-state index in [4.69, 9.17) is 0 Å². The third-order valence-electron chi connectivity index (χ3n) is 5.56. The molecule has 0 aliphatic rings. The molecule has 0 spiro atoms. The van der Waals surface area contributed by atoms with Gasteiger partial charge in [-0.2, -0.15) is 0 Å². The second-order valence-electron chi connectivity index (χ2n) is 7.38. The molecule has 0 aliphatic carbocycles. The Morgan fingerprint density at radius 3 is 1.07 bits per heavy atom. The van der Waals surface area contributed by atoms with Crippen molar-refractivity contribution >= 4 is 0 Å². The van der Waals surface area contributed by atoms with Gasteiger partial charge < -0.3 is 0 Å². The Morgan fingerprint density at radius 1 is 0.519 bits per heavy atom. The molecule has 0 N–H and O–H groups in total. The first-order valence-electron chi connectivity index (χ1n) is 10.1. The van der Waals surface area contributed by atoms with Crippen LogP contribution in [-0.4, -0.2) is 16.0 Å². The molecule has 3 aromatic carbocycles. The van der Waals surface area contributed by atoms with Crippen LogP contribution in [0.25, 0.3) is 0 Å². The Bertz CT molecular complexity index is 681. The molecule has 0 bridgehead atoms. The van der Waals surface area contributed by atoms with Gasteiger partial charge in [-0.3, -0.25) is 0 Å². The number of nitrogens with zero attached hydrogens (tertiary/aromatic N) is 1. The fourth-order valence-corrected chi connectivity index (χ4v) is 23.7. The summed E-state index contributed by atoms with van der Waals surface area (Å²) in [5, 5.41) is 0. The zero-order valence-electron chi connectivity index (χ0n) is 16.6. The Balaban J connectivity index is 2.04. The van der Waals surface area contributed by atoms with Crippen molar-refractivity contribution in [3.63, 3.8) is 0 Å². The molecule has 140 valence electrons. The van der Waals surface area contributed by atoms with Crippen LogP contribution in [0.2, 0.25) is 0 Å². The van der Waals surface area contributed by atoms with Gasteiger partial charge in [-0.25, -0.2) is 0 Å². The Morgan fingerprint density at radius 2 is 0.815 bits per heavy atom. The molecule has 0 saturated heterocycles. The summed E-state index contributed by atoms with van der Waals surface area (Å²) in [4.78, 5) is 0. The van der Waals surface area contributed by atoms with E-state index in [1.807, 2.05) is 0 Å². The molecule has 0 radical (unpaired) electrons. The van der Waals surface area contributed by atoms with E-state index in [9.17, 15) is 0 Å². The minimum atomic E-state index is -2.94. The summed E-state index contributed by atoms with van der Waals surface area (Å²) < 4.78 is 6.72. The molecule has 0 heterocycles. The quantitative estimate of drug-likeness (QED) is 0.311. The summed E-state index contributed by atoms with van der Waals surface area (Å²) in [7, 11) is 0. The van der Waals surface area contributed by atoms with E-state index >= 15 is 0 Å². The first-order chi connectivity index (χ1) is 13.3. The van der Waals surface area contributed by atoms with Gasteiger partial charge in [-0.15, -0.1) is 0 Å². The van der Waals surface area contributed by atoms with E-state index in [2.05, 4.69) is 108 Å². The van der Waals surface area contributed by atoms with Crippen molar-refractivity contribution < 1.29 is 20.3 Å². The van der Waals surface area contributed by atoms with Gasteiger partial charge in [0.1, 0.15) is 0 Å². The molecule has 1 nitrogen and oxygen atoms in total.